The van der Waals surface area contributed by atoms with Crippen LogP contribution in [0.4, 0.5) is 0 Å². The Morgan fingerprint density at radius 1 is 1.33 bits per heavy atom. The molecule has 0 fully saturated rings. The van der Waals surface area contributed by atoms with Gasteiger partial charge < -0.3 is 10.5 Å². The van der Waals surface area contributed by atoms with E-state index in [-0.39, 0.29) is 17.5 Å². The van der Waals surface area contributed by atoms with Gasteiger partial charge in [0.2, 0.25) is 0 Å². The first-order chi connectivity index (χ1) is 7.00. The third-order valence-electron chi connectivity index (χ3n) is 1.55. The second-order valence-electron chi connectivity index (χ2n) is 3.23. The number of nitrogens with zero attached hydrogens (tertiary/aromatic N) is 1. The molecule has 5 heteroatoms. The Labute approximate surface area is 87.3 Å². The van der Waals surface area contributed by atoms with Gasteiger partial charge in [0, 0.05) is 0 Å². The number of carbonyl (C=O) groups excluding carboxylic acids is 2. The monoisotopic (exact) mass is 208 g/mol. The van der Waals surface area contributed by atoms with E-state index in [1.54, 1.807) is 13.8 Å². The molecular weight excluding hydrogens is 196 g/mol. The summed E-state index contributed by atoms with van der Waals surface area (Å²) < 4.78 is 4.92. The molecule has 0 saturated heterocycles. The van der Waals surface area contributed by atoms with E-state index >= 15 is 0 Å². The number of ether oxygens (including phenoxy) is 1. The number of aromatic nitrogens is 1. The number of amides is 1. The lowest BCUT2D eigenvalue weighted by Crippen LogP contribution is -2.17. The summed E-state index contributed by atoms with van der Waals surface area (Å²) in [5, 5.41) is 0. The van der Waals surface area contributed by atoms with Crippen LogP contribution >= 0.6 is 0 Å². The van der Waals surface area contributed by atoms with E-state index in [9.17, 15) is 9.59 Å². The molecule has 1 aromatic rings. The number of nitrogens with two attached hydrogens (primary N) is 1. The maximum absolute atomic E-state index is 11.4. The van der Waals surface area contributed by atoms with Crippen LogP contribution in [0.3, 0.4) is 0 Å². The van der Waals surface area contributed by atoms with Crippen LogP contribution in [-0.4, -0.2) is 23.0 Å². The summed E-state index contributed by atoms with van der Waals surface area (Å²) in [7, 11) is 0. The number of hydrogen-bond donors (Lipinski definition) is 1. The molecule has 80 valence electrons. The molecule has 0 bridgehead atoms. The number of primary amides is 1. The van der Waals surface area contributed by atoms with Gasteiger partial charge in [0.05, 0.1) is 6.10 Å². The van der Waals surface area contributed by atoms with Crippen molar-refractivity contribution in [2.24, 2.45) is 5.73 Å². The van der Waals surface area contributed by atoms with E-state index in [1.165, 1.54) is 18.2 Å². The molecule has 1 aromatic heterocycles. The largest absolute Gasteiger partial charge is 0.458 e. The fraction of sp³-hybridized carbons (Fsp3) is 0.300. The first-order valence-corrected chi connectivity index (χ1v) is 4.48. The van der Waals surface area contributed by atoms with Crippen LogP contribution in [0.5, 0.6) is 0 Å². The predicted octanol–water partition coefficient (Wildman–Crippen LogP) is 0.746. The molecule has 0 saturated carbocycles. The van der Waals surface area contributed by atoms with Gasteiger partial charge >= 0.3 is 5.97 Å². The molecule has 0 atom stereocenters. The highest BCUT2D eigenvalue weighted by Gasteiger charge is 2.12. The van der Waals surface area contributed by atoms with Crippen molar-refractivity contribution in [2.45, 2.75) is 20.0 Å². The number of hydrogen-bond acceptors (Lipinski definition) is 4. The second kappa shape index (κ2) is 4.54. The Morgan fingerprint density at radius 2 is 1.93 bits per heavy atom. The van der Waals surface area contributed by atoms with Crippen LogP contribution < -0.4 is 5.73 Å². The van der Waals surface area contributed by atoms with Gasteiger partial charge in [-0.05, 0) is 26.0 Å². The third kappa shape index (κ3) is 3.05. The van der Waals surface area contributed by atoms with Gasteiger partial charge in [-0.3, -0.25) is 4.79 Å². The van der Waals surface area contributed by atoms with Gasteiger partial charge in [-0.1, -0.05) is 6.07 Å². The normalized spacial score (nSPS) is 10.1. The number of pyridine rings is 1. The Hall–Kier alpha value is -1.91. The first-order valence-electron chi connectivity index (χ1n) is 4.48. The van der Waals surface area contributed by atoms with Crippen LogP contribution in [0, 0.1) is 0 Å². The molecule has 0 aliphatic heterocycles. The molecule has 0 aliphatic rings. The highest BCUT2D eigenvalue weighted by atomic mass is 16.5. The molecule has 0 aromatic carbocycles. The van der Waals surface area contributed by atoms with Gasteiger partial charge in [0.15, 0.2) is 0 Å². The zero-order valence-electron chi connectivity index (χ0n) is 8.56. The van der Waals surface area contributed by atoms with E-state index in [0.29, 0.717) is 0 Å². The summed E-state index contributed by atoms with van der Waals surface area (Å²) in [5.41, 5.74) is 5.16. The number of carbonyl (C=O) groups is 2. The summed E-state index contributed by atoms with van der Waals surface area (Å²) in [6.07, 6.45) is -0.225. The first kappa shape index (κ1) is 11.2. The fourth-order valence-corrected chi connectivity index (χ4v) is 0.960. The Bertz CT molecular complexity index is 388. The van der Waals surface area contributed by atoms with Crippen LogP contribution in [0.25, 0.3) is 0 Å². The number of esters is 1. The minimum absolute atomic E-state index is 0.0493. The lowest BCUT2D eigenvalue weighted by molar-refractivity contribution is 0.0371. The summed E-state index contributed by atoms with van der Waals surface area (Å²) >= 11 is 0. The highest BCUT2D eigenvalue weighted by Crippen LogP contribution is 2.02. The topological polar surface area (TPSA) is 82.3 Å². The van der Waals surface area contributed by atoms with Crippen LogP contribution in [-0.2, 0) is 4.74 Å². The van der Waals surface area contributed by atoms with Crippen molar-refractivity contribution in [1.29, 1.82) is 0 Å². The molecule has 0 unspecified atom stereocenters. The molecule has 15 heavy (non-hydrogen) atoms. The maximum Gasteiger partial charge on any atom is 0.357 e. The van der Waals surface area contributed by atoms with E-state index in [4.69, 9.17) is 10.5 Å². The third-order valence-corrected chi connectivity index (χ3v) is 1.55. The second-order valence-corrected chi connectivity index (χ2v) is 3.23. The zero-order chi connectivity index (χ0) is 11.4. The Morgan fingerprint density at radius 3 is 2.47 bits per heavy atom. The van der Waals surface area contributed by atoms with Crippen molar-refractivity contribution < 1.29 is 14.3 Å². The molecule has 5 nitrogen and oxygen atoms in total. The molecule has 1 rings (SSSR count). The smallest absolute Gasteiger partial charge is 0.357 e. The van der Waals surface area contributed by atoms with Crippen molar-refractivity contribution >= 4 is 11.9 Å². The van der Waals surface area contributed by atoms with Crippen molar-refractivity contribution in [3.63, 3.8) is 0 Å². The summed E-state index contributed by atoms with van der Waals surface area (Å²) in [6.45, 7) is 3.46. The lowest BCUT2D eigenvalue weighted by Gasteiger charge is -2.07. The van der Waals surface area contributed by atoms with E-state index in [2.05, 4.69) is 4.98 Å². The fourth-order valence-electron chi connectivity index (χ4n) is 0.960. The standard InChI is InChI=1S/C10H12N2O3/c1-6(2)15-10(14)8-5-3-4-7(12-8)9(11)13/h3-6H,1-2H3,(H2,11,13). The molecule has 1 amide bonds. The van der Waals surface area contributed by atoms with Crippen molar-refractivity contribution in [2.75, 3.05) is 0 Å². The molecule has 0 spiro atoms. The number of rotatable bonds is 3. The van der Waals surface area contributed by atoms with Gasteiger partial charge in [-0.25, -0.2) is 9.78 Å². The van der Waals surface area contributed by atoms with E-state index in [0.717, 1.165) is 0 Å². The predicted molar refractivity (Wildman–Crippen MR) is 53.3 cm³/mol. The van der Waals surface area contributed by atoms with Gasteiger partial charge in [0.1, 0.15) is 11.4 Å². The molecule has 0 radical (unpaired) electrons. The van der Waals surface area contributed by atoms with Crippen LogP contribution in [0.1, 0.15) is 34.8 Å². The molecule has 2 N–H and O–H groups in total. The summed E-state index contributed by atoms with van der Waals surface area (Å²) in [5.74, 6) is -1.23. The quantitative estimate of drug-likeness (QED) is 0.743. The SMILES string of the molecule is CC(C)OC(=O)c1cccc(C(N)=O)n1. The minimum Gasteiger partial charge on any atom is -0.458 e. The average molecular weight is 208 g/mol. The van der Waals surface area contributed by atoms with Crippen molar-refractivity contribution in [1.82, 2.24) is 4.98 Å². The van der Waals surface area contributed by atoms with Crippen LogP contribution in [0.2, 0.25) is 0 Å². The van der Waals surface area contributed by atoms with Gasteiger partial charge in [0.25, 0.3) is 5.91 Å². The molecule has 0 aliphatic carbocycles. The van der Waals surface area contributed by atoms with Gasteiger partial charge in [-0.2, -0.15) is 0 Å². The lowest BCUT2D eigenvalue weighted by atomic mass is 10.3. The Kier molecular flexibility index (Phi) is 3.38. The molecular formula is C10H12N2O3. The minimum atomic E-state index is -0.672. The van der Waals surface area contributed by atoms with Crippen molar-refractivity contribution in [3.05, 3.63) is 29.6 Å². The summed E-state index contributed by atoms with van der Waals surface area (Å²) in [4.78, 5) is 26.0. The van der Waals surface area contributed by atoms with Gasteiger partial charge in [-0.15, -0.1) is 0 Å². The zero-order valence-corrected chi connectivity index (χ0v) is 8.56. The highest BCUT2D eigenvalue weighted by molar-refractivity contribution is 5.93. The van der Waals surface area contributed by atoms with E-state index in [1.807, 2.05) is 0 Å². The Balaban J connectivity index is 2.90. The van der Waals surface area contributed by atoms with E-state index < -0.39 is 11.9 Å². The van der Waals surface area contributed by atoms with Crippen LogP contribution in [0.15, 0.2) is 18.2 Å². The van der Waals surface area contributed by atoms with Crippen molar-refractivity contribution in [3.8, 4) is 0 Å². The maximum atomic E-state index is 11.4. The average Bonchev–Trinajstić information content (AvgIpc) is 2.17. The molecule has 1 heterocycles. The summed E-state index contributed by atoms with van der Waals surface area (Å²) in [6, 6.07) is 4.44.